The van der Waals surface area contributed by atoms with E-state index in [4.69, 9.17) is 0 Å². The third-order valence-corrected chi connectivity index (χ3v) is 11.3. The van der Waals surface area contributed by atoms with Crippen molar-refractivity contribution in [3.63, 3.8) is 0 Å². The van der Waals surface area contributed by atoms with Gasteiger partial charge in [-0.2, -0.15) is 0 Å². The van der Waals surface area contributed by atoms with Gasteiger partial charge in [0.1, 0.15) is 18.2 Å². The highest BCUT2D eigenvalue weighted by Gasteiger charge is 2.75. The summed E-state index contributed by atoms with van der Waals surface area (Å²) in [6.07, 6.45) is 4.25. The fraction of sp³-hybridized carbons (Fsp3) is 0.519. The van der Waals surface area contributed by atoms with Gasteiger partial charge in [-0.15, -0.1) is 30.0 Å². The van der Waals surface area contributed by atoms with Crippen LogP contribution in [-0.4, -0.2) is 107 Å². The first-order chi connectivity index (χ1) is 18.8. The van der Waals surface area contributed by atoms with Crippen molar-refractivity contribution in [3.8, 4) is 0 Å². The number of thioether (sulfide) groups is 1. The van der Waals surface area contributed by atoms with Crippen LogP contribution in [0, 0.1) is 11.8 Å². The van der Waals surface area contributed by atoms with Crippen LogP contribution in [0.15, 0.2) is 49.6 Å². The summed E-state index contributed by atoms with van der Waals surface area (Å²) in [5, 5.41) is 18.0. The molecule has 2 bridgehead atoms. The van der Waals surface area contributed by atoms with E-state index < -0.39 is 22.6 Å². The third kappa shape index (κ3) is 4.50. The molecule has 3 amide bonds. The minimum atomic E-state index is -0.783. The van der Waals surface area contributed by atoms with E-state index >= 15 is 0 Å². The van der Waals surface area contributed by atoms with Crippen LogP contribution >= 0.6 is 27.7 Å². The lowest BCUT2D eigenvalue weighted by Gasteiger charge is -2.38. The monoisotopic (exact) mass is 616 g/mol. The highest BCUT2D eigenvalue weighted by molar-refractivity contribution is 9.09. The van der Waals surface area contributed by atoms with E-state index in [1.807, 2.05) is 24.3 Å². The van der Waals surface area contributed by atoms with Gasteiger partial charge in [-0.25, -0.2) is 4.68 Å². The Balaban J connectivity index is 1.53. The number of aliphatic hydroxyl groups excluding tert-OH is 1. The van der Waals surface area contributed by atoms with Crippen molar-refractivity contribution in [2.45, 2.75) is 40.4 Å². The molecule has 6 atom stereocenters. The summed E-state index contributed by atoms with van der Waals surface area (Å²) in [6.45, 7) is 8.50. The van der Waals surface area contributed by atoms with Crippen LogP contribution in [0.5, 0.6) is 0 Å². The Morgan fingerprint density at radius 3 is 2.72 bits per heavy atom. The molecule has 1 aromatic heterocycles. The Hall–Kier alpha value is -2.70. The van der Waals surface area contributed by atoms with Crippen LogP contribution < -0.4 is 0 Å². The summed E-state index contributed by atoms with van der Waals surface area (Å²) < 4.78 is 0.908. The molecule has 3 unspecified atom stereocenters. The van der Waals surface area contributed by atoms with Gasteiger partial charge in [-0.3, -0.25) is 14.4 Å². The SMILES string of the molecule is C=CCN(C)C(=O)[C@H]1[C@H]2C(=O)N(CCCO)C(C(=O)N(CC=C)Cn3nnc4ccccc43)C23CC(Br)[C@@H]1S3. The zero-order valence-corrected chi connectivity index (χ0v) is 24.3. The van der Waals surface area contributed by atoms with Gasteiger partial charge in [0.05, 0.1) is 22.1 Å². The highest BCUT2D eigenvalue weighted by atomic mass is 79.9. The molecule has 5 rings (SSSR count). The van der Waals surface area contributed by atoms with Gasteiger partial charge in [-0.05, 0) is 25.0 Å². The molecule has 3 aliphatic heterocycles. The second kappa shape index (κ2) is 11.1. The van der Waals surface area contributed by atoms with Gasteiger partial charge in [0.2, 0.25) is 17.7 Å². The maximum Gasteiger partial charge on any atom is 0.248 e. The largest absolute Gasteiger partial charge is 0.396 e. The lowest BCUT2D eigenvalue weighted by Crippen LogP contribution is -2.56. The molecule has 39 heavy (non-hydrogen) atoms. The summed E-state index contributed by atoms with van der Waals surface area (Å²) in [4.78, 5) is 47.0. The van der Waals surface area contributed by atoms with E-state index in [0.717, 1.165) is 11.0 Å². The quantitative estimate of drug-likeness (QED) is 0.303. The van der Waals surface area contributed by atoms with Crippen LogP contribution in [0.25, 0.3) is 11.0 Å². The van der Waals surface area contributed by atoms with Gasteiger partial charge in [0.15, 0.2) is 0 Å². The maximum absolute atomic E-state index is 14.5. The Morgan fingerprint density at radius 1 is 1.26 bits per heavy atom. The molecule has 10 nitrogen and oxygen atoms in total. The van der Waals surface area contributed by atoms with Crippen LogP contribution in [0.4, 0.5) is 0 Å². The summed E-state index contributed by atoms with van der Waals surface area (Å²) in [7, 11) is 1.72. The fourth-order valence-electron chi connectivity index (χ4n) is 6.44. The average Bonchev–Trinajstić information content (AvgIpc) is 3.64. The van der Waals surface area contributed by atoms with Gasteiger partial charge in [-0.1, -0.05) is 45.4 Å². The summed E-state index contributed by atoms with van der Waals surface area (Å²) in [5.41, 5.74) is 1.52. The van der Waals surface area contributed by atoms with Crippen molar-refractivity contribution in [2.75, 3.05) is 33.3 Å². The number of fused-ring (bicyclic) bond motifs is 2. The number of likely N-dealkylation sites (tertiary alicyclic amines) is 1. The summed E-state index contributed by atoms with van der Waals surface area (Å²) in [6, 6.07) is 6.74. The summed E-state index contributed by atoms with van der Waals surface area (Å²) in [5.74, 6) is -1.68. The molecule has 12 heteroatoms. The number of halogens is 1. The number of likely N-dealkylation sites (N-methyl/N-ethyl adjacent to an activating group) is 1. The number of rotatable bonds is 11. The Labute approximate surface area is 240 Å². The second-order valence-electron chi connectivity index (χ2n) is 10.3. The molecular weight excluding hydrogens is 584 g/mol. The zero-order chi connectivity index (χ0) is 27.9. The molecule has 0 radical (unpaired) electrons. The molecule has 1 N–H and O–H groups in total. The van der Waals surface area contributed by atoms with Crippen LogP contribution in [0.1, 0.15) is 12.8 Å². The number of aromatic nitrogens is 3. The normalized spacial score (nSPS) is 29.1. The smallest absolute Gasteiger partial charge is 0.248 e. The van der Waals surface area contributed by atoms with E-state index in [-0.39, 0.29) is 54.2 Å². The third-order valence-electron chi connectivity index (χ3n) is 8.03. The number of benzene rings is 1. The van der Waals surface area contributed by atoms with Crippen molar-refractivity contribution in [2.24, 2.45) is 11.8 Å². The number of amides is 3. The van der Waals surface area contributed by atoms with Crippen LogP contribution in [0.2, 0.25) is 0 Å². The molecule has 208 valence electrons. The predicted molar refractivity (Wildman–Crippen MR) is 153 cm³/mol. The molecule has 3 fully saturated rings. The minimum absolute atomic E-state index is 0.0159. The fourth-order valence-corrected chi connectivity index (χ4v) is 10.0. The van der Waals surface area contributed by atoms with Crippen molar-refractivity contribution in [3.05, 3.63) is 49.6 Å². The number of para-hydroxylation sites is 1. The molecule has 0 aliphatic carbocycles. The van der Waals surface area contributed by atoms with Gasteiger partial charge >= 0.3 is 0 Å². The van der Waals surface area contributed by atoms with Crippen molar-refractivity contribution in [1.29, 1.82) is 0 Å². The van der Waals surface area contributed by atoms with E-state index in [0.29, 0.717) is 19.4 Å². The Morgan fingerprint density at radius 2 is 2.00 bits per heavy atom. The molecule has 4 heterocycles. The van der Waals surface area contributed by atoms with Gasteiger partial charge in [0.25, 0.3) is 0 Å². The number of carbonyl (C=O) groups is 3. The van der Waals surface area contributed by atoms with Crippen LogP contribution in [-0.2, 0) is 21.1 Å². The Bertz CT molecular complexity index is 1300. The van der Waals surface area contributed by atoms with Gasteiger partial charge < -0.3 is 19.8 Å². The average molecular weight is 618 g/mol. The second-order valence-corrected chi connectivity index (χ2v) is 13.1. The van der Waals surface area contributed by atoms with Crippen molar-refractivity contribution < 1.29 is 19.5 Å². The first kappa shape index (κ1) is 27.9. The summed E-state index contributed by atoms with van der Waals surface area (Å²) >= 11 is 5.39. The molecule has 1 spiro atoms. The molecule has 3 saturated heterocycles. The molecule has 2 aromatic rings. The lowest BCUT2D eigenvalue weighted by atomic mass is 9.70. The molecule has 3 aliphatic rings. The maximum atomic E-state index is 14.5. The Kier molecular flexibility index (Phi) is 7.89. The highest BCUT2D eigenvalue weighted by Crippen LogP contribution is 2.68. The molecule has 1 aromatic carbocycles. The van der Waals surface area contributed by atoms with Gasteiger partial charge in [0, 0.05) is 43.4 Å². The van der Waals surface area contributed by atoms with E-state index in [2.05, 4.69) is 39.4 Å². The van der Waals surface area contributed by atoms with Crippen LogP contribution in [0.3, 0.4) is 0 Å². The van der Waals surface area contributed by atoms with E-state index in [1.165, 1.54) is 0 Å². The minimum Gasteiger partial charge on any atom is -0.396 e. The molecular formula is C27H33BrN6O4S. The first-order valence-corrected chi connectivity index (χ1v) is 14.9. The first-order valence-electron chi connectivity index (χ1n) is 13.1. The van der Waals surface area contributed by atoms with E-state index in [9.17, 15) is 19.5 Å². The number of aliphatic hydroxyl groups is 1. The standard InChI is InChI=1S/C27H33BrN6O4S/c1-4-11-31(3)24(36)20-21-25(37)33(13-8-14-35)23(27(21)15-17(28)22(20)39-27)26(38)32(12-5-2)16-34-19-10-7-6-9-18(19)29-30-34/h4-7,9-10,17,20-23,35H,1-2,8,11-16H2,3H3/t17?,20-,21-,22-,23?,27?/m0/s1. The number of hydrogen-bond donors (Lipinski definition) is 1. The predicted octanol–water partition coefficient (Wildman–Crippen LogP) is 1.89. The van der Waals surface area contributed by atoms with Crippen molar-refractivity contribution in [1.82, 2.24) is 29.7 Å². The lowest BCUT2D eigenvalue weighted by molar-refractivity contribution is -0.144. The number of alkyl halides is 1. The number of hydrogen-bond acceptors (Lipinski definition) is 7. The number of nitrogens with zero attached hydrogens (tertiary/aromatic N) is 6. The van der Waals surface area contributed by atoms with E-state index in [1.54, 1.807) is 50.3 Å². The number of carbonyl (C=O) groups excluding carboxylic acids is 3. The molecule has 0 saturated carbocycles. The zero-order valence-electron chi connectivity index (χ0n) is 21.9. The topological polar surface area (TPSA) is 112 Å². The van der Waals surface area contributed by atoms with Crippen molar-refractivity contribution >= 4 is 56.4 Å².